The Morgan fingerprint density at radius 3 is 2.66 bits per heavy atom. The predicted molar refractivity (Wildman–Crippen MR) is 138 cm³/mol. The fourth-order valence-corrected chi connectivity index (χ4v) is 6.61. The molecule has 32 heavy (non-hydrogen) atoms. The van der Waals surface area contributed by atoms with E-state index in [0.29, 0.717) is 0 Å². The molecule has 1 aromatic carbocycles. The van der Waals surface area contributed by atoms with Gasteiger partial charge in [0.25, 0.3) is 0 Å². The van der Waals surface area contributed by atoms with Gasteiger partial charge in [-0.2, -0.15) is 0 Å². The lowest BCUT2D eigenvalue weighted by Gasteiger charge is -2.44. The number of fused-ring (bicyclic) bond motifs is 2. The summed E-state index contributed by atoms with van der Waals surface area (Å²) < 4.78 is 19.6. The monoisotopic (exact) mass is 563 g/mol. The van der Waals surface area contributed by atoms with Crippen LogP contribution in [0.1, 0.15) is 56.5 Å². The van der Waals surface area contributed by atoms with E-state index in [1.807, 2.05) is 33.2 Å². The zero-order valence-corrected chi connectivity index (χ0v) is 22.0. The van der Waals surface area contributed by atoms with Crippen LogP contribution in [0.5, 0.6) is 0 Å². The molecule has 1 spiro atoms. The third kappa shape index (κ3) is 3.68. The minimum absolute atomic E-state index is 0.0768. The van der Waals surface area contributed by atoms with Gasteiger partial charge in [0.2, 0.25) is 5.95 Å². The van der Waals surface area contributed by atoms with Gasteiger partial charge in [-0.25, -0.2) is 18.9 Å². The van der Waals surface area contributed by atoms with Crippen molar-refractivity contribution in [1.29, 1.82) is 0 Å². The summed E-state index contributed by atoms with van der Waals surface area (Å²) in [4.78, 5) is 11.9. The van der Waals surface area contributed by atoms with E-state index in [2.05, 4.69) is 72.8 Å². The molecular formula is C24H30IN5OS. The lowest BCUT2D eigenvalue weighted by molar-refractivity contribution is 0.177. The summed E-state index contributed by atoms with van der Waals surface area (Å²) in [6, 6.07) is 8.80. The van der Waals surface area contributed by atoms with Gasteiger partial charge in [-0.05, 0) is 86.1 Å². The smallest absolute Gasteiger partial charge is 0.211 e. The Morgan fingerprint density at radius 1 is 1.22 bits per heavy atom. The average Bonchev–Trinajstić information content (AvgIpc) is 3.35. The predicted octanol–water partition coefficient (Wildman–Crippen LogP) is 4.58. The van der Waals surface area contributed by atoms with E-state index in [4.69, 9.17) is 4.98 Å². The maximum Gasteiger partial charge on any atom is 0.211 e. The second-order valence-electron chi connectivity index (χ2n) is 10.1. The van der Waals surface area contributed by atoms with Crippen LogP contribution in [0.3, 0.4) is 0 Å². The van der Waals surface area contributed by atoms with Crippen LogP contribution in [-0.2, 0) is 17.4 Å². The second kappa shape index (κ2) is 8.06. The number of halogens is 1. The van der Waals surface area contributed by atoms with Crippen LogP contribution in [-0.4, -0.2) is 36.4 Å². The van der Waals surface area contributed by atoms with Crippen LogP contribution < -0.4 is 9.62 Å². The number of nitrogens with zero attached hydrogens (tertiary/aromatic N) is 4. The van der Waals surface area contributed by atoms with E-state index in [1.165, 1.54) is 11.1 Å². The number of benzene rings is 1. The third-order valence-electron chi connectivity index (χ3n) is 6.98. The summed E-state index contributed by atoms with van der Waals surface area (Å²) in [6.07, 6.45) is 6.96. The minimum Gasteiger partial charge on any atom is -0.342 e. The lowest BCUT2D eigenvalue weighted by Crippen LogP contribution is -2.48. The van der Waals surface area contributed by atoms with Gasteiger partial charge in [0.05, 0.1) is 31.0 Å². The fourth-order valence-electron chi connectivity index (χ4n) is 5.14. The molecule has 5 rings (SSSR count). The van der Waals surface area contributed by atoms with Crippen molar-refractivity contribution in [3.05, 3.63) is 57.1 Å². The van der Waals surface area contributed by atoms with Crippen molar-refractivity contribution < 1.29 is 4.21 Å². The van der Waals surface area contributed by atoms with Crippen molar-refractivity contribution >= 4 is 45.2 Å². The molecule has 2 aromatic heterocycles. The molecule has 170 valence electrons. The highest BCUT2D eigenvalue weighted by molar-refractivity contribution is 14.1. The maximum atomic E-state index is 13.1. The molecule has 0 amide bonds. The molecule has 2 atom stereocenters. The molecule has 1 aliphatic carbocycles. The Labute approximate surface area is 205 Å². The summed E-state index contributed by atoms with van der Waals surface area (Å²) in [5.74, 6) is 0.976. The molecule has 1 fully saturated rings. The Bertz CT molecular complexity index is 1190. The quantitative estimate of drug-likeness (QED) is 0.475. The number of nitrogens with one attached hydrogen (secondary N) is 1. The summed E-state index contributed by atoms with van der Waals surface area (Å²) in [7, 11) is -1.11. The number of piperidine rings is 1. The highest BCUT2D eigenvalue weighted by Gasteiger charge is 2.49. The normalized spacial score (nSPS) is 21.3. The van der Waals surface area contributed by atoms with Crippen LogP contribution in [0.15, 0.2) is 36.7 Å². The molecule has 0 saturated carbocycles. The molecule has 8 heteroatoms. The molecule has 6 nitrogen and oxygen atoms in total. The first-order chi connectivity index (χ1) is 15.2. The van der Waals surface area contributed by atoms with Gasteiger partial charge in [-0.15, -0.1) is 0 Å². The summed E-state index contributed by atoms with van der Waals surface area (Å²) >= 11 is 2.33. The molecular weight excluding hydrogens is 533 g/mol. The maximum absolute atomic E-state index is 13.1. The van der Waals surface area contributed by atoms with Gasteiger partial charge in [0.1, 0.15) is 0 Å². The van der Waals surface area contributed by atoms with E-state index < -0.39 is 11.0 Å². The Hall–Kier alpha value is -1.52. The number of aryl methyl sites for hydroxylation is 1. The second-order valence-corrected chi connectivity index (χ2v) is 13.2. The molecule has 1 aliphatic heterocycles. The standard InChI is InChI=1S/C24H30IN5OS/c1-16-19(25)21-26-11-14-30(21)22(27-16)29-12-9-24(10-13-29)15-17-7-5-6-8-18(17)20(24)28-32(31)23(2,3)4/h5-8,11,14,20,28H,9-10,12-13,15H2,1-4H3/t20-,32-/m1/s1. The van der Waals surface area contributed by atoms with Gasteiger partial charge in [0.15, 0.2) is 5.65 Å². The van der Waals surface area contributed by atoms with Crippen molar-refractivity contribution in [3.8, 4) is 0 Å². The Balaban J connectivity index is 1.44. The summed E-state index contributed by atoms with van der Waals surface area (Å²) in [5.41, 5.74) is 4.78. The van der Waals surface area contributed by atoms with Crippen molar-refractivity contribution in [3.63, 3.8) is 0 Å². The van der Waals surface area contributed by atoms with Crippen LogP contribution in [0, 0.1) is 15.9 Å². The van der Waals surface area contributed by atoms with E-state index in [-0.39, 0.29) is 16.2 Å². The van der Waals surface area contributed by atoms with Crippen LogP contribution in [0.4, 0.5) is 5.95 Å². The molecule has 3 aromatic rings. The largest absolute Gasteiger partial charge is 0.342 e. The number of aromatic nitrogens is 3. The van der Waals surface area contributed by atoms with Gasteiger partial charge in [-0.3, -0.25) is 4.40 Å². The Kier molecular flexibility index (Phi) is 5.61. The fraction of sp³-hybridized carbons (Fsp3) is 0.500. The topological polar surface area (TPSA) is 62.5 Å². The zero-order chi connectivity index (χ0) is 22.7. The molecule has 2 aliphatic rings. The first-order valence-corrected chi connectivity index (χ1v) is 13.4. The number of hydrogen-bond acceptors (Lipinski definition) is 4. The SMILES string of the molecule is Cc1nc(N2CCC3(CC2)Cc2ccccc2[C@H]3N[S@](=O)C(C)(C)C)n2ccnc2c1I. The number of imidazole rings is 1. The molecule has 0 unspecified atom stereocenters. The summed E-state index contributed by atoms with van der Waals surface area (Å²) in [6.45, 7) is 10.0. The van der Waals surface area contributed by atoms with Gasteiger partial charge >= 0.3 is 0 Å². The van der Waals surface area contributed by atoms with Crippen molar-refractivity contribution in [2.45, 2.75) is 57.7 Å². The van der Waals surface area contributed by atoms with Crippen LogP contribution >= 0.6 is 22.6 Å². The van der Waals surface area contributed by atoms with E-state index >= 15 is 0 Å². The minimum atomic E-state index is -1.11. The zero-order valence-electron chi connectivity index (χ0n) is 19.1. The third-order valence-corrected chi connectivity index (χ3v) is 9.81. The van der Waals surface area contributed by atoms with E-state index in [1.54, 1.807) is 0 Å². The van der Waals surface area contributed by atoms with Gasteiger partial charge in [-0.1, -0.05) is 24.3 Å². The van der Waals surface area contributed by atoms with Crippen LogP contribution in [0.25, 0.3) is 5.65 Å². The first-order valence-electron chi connectivity index (χ1n) is 11.2. The van der Waals surface area contributed by atoms with Crippen LogP contribution in [0.2, 0.25) is 0 Å². The van der Waals surface area contributed by atoms with Crippen molar-refractivity contribution in [2.75, 3.05) is 18.0 Å². The molecule has 1 saturated heterocycles. The van der Waals surface area contributed by atoms with Crippen molar-refractivity contribution in [2.24, 2.45) is 5.41 Å². The first kappa shape index (κ1) is 22.3. The highest BCUT2D eigenvalue weighted by atomic mass is 127. The summed E-state index contributed by atoms with van der Waals surface area (Å²) in [5, 5.41) is 0. The number of hydrogen-bond donors (Lipinski definition) is 1. The molecule has 3 heterocycles. The number of anilines is 1. The lowest BCUT2D eigenvalue weighted by atomic mass is 9.73. The Morgan fingerprint density at radius 2 is 1.94 bits per heavy atom. The van der Waals surface area contributed by atoms with Gasteiger partial charge in [0, 0.05) is 25.5 Å². The average molecular weight is 564 g/mol. The van der Waals surface area contributed by atoms with Gasteiger partial charge < -0.3 is 4.90 Å². The van der Waals surface area contributed by atoms with E-state index in [0.717, 1.165) is 53.2 Å². The molecule has 1 N–H and O–H groups in total. The molecule has 0 bridgehead atoms. The highest BCUT2D eigenvalue weighted by Crippen LogP contribution is 2.52. The molecule has 0 radical (unpaired) electrons. The van der Waals surface area contributed by atoms with Crippen molar-refractivity contribution in [1.82, 2.24) is 19.1 Å². The van der Waals surface area contributed by atoms with E-state index in [9.17, 15) is 4.21 Å². The number of rotatable bonds is 3.